The Morgan fingerprint density at radius 1 is 1.39 bits per heavy atom. The average molecular weight is 293 g/mol. The molecule has 0 bridgehead atoms. The van der Waals surface area contributed by atoms with E-state index in [1.807, 2.05) is 24.3 Å². The molecule has 1 aliphatic heterocycles. The number of hydrogen-bond acceptors (Lipinski definition) is 4. The van der Waals surface area contributed by atoms with Crippen LogP contribution < -0.4 is 9.62 Å². The molecule has 0 saturated heterocycles. The molecule has 2 rings (SSSR count). The average Bonchev–Trinajstić information content (AvgIpc) is 2.36. The minimum atomic E-state index is -3.29. The second-order valence-electron chi connectivity index (χ2n) is 3.82. The normalized spacial score (nSPS) is 14.4. The van der Waals surface area contributed by atoms with Gasteiger partial charge in [-0.1, -0.05) is 12.1 Å². The molecule has 1 aromatic carbocycles. The van der Waals surface area contributed by atoms with Gasteiger partial charge in [0.15, 0.2) is 0 Å². The molecule has 1 aliphatic rings. The van der Waals surface area contributed by atoms with E-state index in [1.165, 1.54) is 11.4 Å². The van der Waals surface area contributed by atoms with Crippen molar-refractivity contribution in [2.45, 2.75) is 0 Å². The highest BCUT2D eigenvalue weighted by atomic mass is 35.5. The summed E-state index contributed by atoms with van der Waals surface area (Å²) in [5.74, 6) is 0.0117. The molecular formula is C11H17ClN2O3S. The van der Waals surface area contributed by atoms with E-state index in [0.29, 0.717) is 13.1 Å². The molecule has 1 heterocycles. The summed E-state index contributed by atoms with van der Waals surface area (Å²) in [6.07, 6.45) is 0. The van der Waals surface area contributed by atoms with Gasteiger partial charge in [0.25, 0.3) is 0 Å². The van der Waals surface area contributed by atoms with Gasteiger partial charge in [-0.2, -0.15) is 0 Å². The molecule has 102 valence electrons. The zero-order valence-electron chi connectivity index (χ0n) is 10.1. The highest BCUT2D eigenvalue weighted by Gasteiger charge is 2.26. The SMILES string of the molecule is COCCS(=O)(=O)N1CCNc2ccccc21.Cl. The number of rotatable bonds is 4. The fourth-order valence-corrected chi connectivity index (χ4v) is 3.27. The Bertz CT molecular complexity index is 493. The third-order valence-corrected chi connectivity index (χ3v) is 4.42. The van der Waals surface area contributed by atoms with Gasteiger partial charge in [0.1, 0.15) is 0 Å². The summed E-state index contributed by atoms with van der Waals surface area (Å²) in [7, 11) is -1.79. The molecule has 0 unspecified atom stereocenters. The summed E-state index contributed by atoms with van der Waals surface area (Å²) in [4.78, 5) is 0. The van der Waals surface area contributed by atoms with Crippen LogP contribution in [0.4, 0.5) is 11.4 Å². The van der Waals surface area contributed by atoms with Gasteiger partial charge in [-0.3, -0.25) is 4.31 Å². The van der Waals surface area contributed by atoms with Crippen LogP contribution in [0, 0.1) is 0 Å². The van der Waals surface area contributed by atoms with Crippen LogP contribution in [0.15, 0.2) is 24.3 Å². The lowest BCUT2D eigenvalue weighted by Gasteiger charge is -2.31. The van der Waals surface area contributed by atoms with Crippen LogP contribution in [-0.2, 0) is 14.8 Å². The second kappa shape index (κ2) is 6.26. The second-order valence-corrected chi connectivity index (χ2v) is 5.84. The first kappa shape index (κ1) is 15.1. The highest BCUT2D eigenvalue weighted by Crippen LogP contribution is 2.30. The van der Waals surface area contributed by atoms with Gasteiger partial charge < -0.3 is 10.1 Å². The Hall–Kier alpha value is -0.980. The lowest BCUT2D eigenvalue weighted by atomic mass is 10.2. The van der Waals surface area contributed by atoms with E-state index in [2.05, 4.69) is 5.32 Å². The maximum Gasteiger partial charge on any atom is 0.237 e. The van der Waals surface area contributed by atoms with Crippen molar-refractivity contribution in [1.29, 1.82) is 0 Å². The first-order valence-corrected chi connectivity index (χ1v) is 7.08. The molecule has 0 atom stereocenters. The molecule has 7 heteroatoms. The van der Waals surface area contributed by atoms with E-state index in [-0.39, 0.29) is 24.8 Å². The van der Waals surface area contributed by atoms with Crippen LogP contribution in [-0.4, -0.2) is 41.0 Å². The molecule has 0 amide bonds. The number of halogens is 1. The summed E-state index contributed by atoms with van der Waals surface area (Å²) in [5, 5.41) is 3.18. The molecule has 5 nitrogen and oxygen atoms in total. The number of nitrogens with zero attached hydrogens (tertiary/aromatic N) is 1. The molecule has 0 radical (unpaired) electrons. The molecule has 0 aliphatic carbocycles. The van der Waals surface area contributed by atoms with E-state index >= 15 is 0 Å². The van der Waals surface area contributed by atoms with Crippen LogP contribution in [0.2, 0.25) is 0 Å². The fraction of sp³-hybridized carbons (Fsp3) is 0.455. The largest absolute Gasteiger partial charge is 0.384 e. The third-order valence-electron chi connectivity index (χ3n) is 2.68. The monoisotopic (exact) mass is 292 g/mol. The topological polar surface area (TPSA) is 58.6 Å². The summed E-state index contributed by atoms with van der Waals surface area (Å²) in [6.45, 7) is 1.31. The molecule has 0 saturated carbocycles. The Morgan fingerprint density at radius 3 is 2.83 bits per heavy atom. The number of nitrogens with one attached hydrogen (secondary N) is 1. The lowest BCUT2D eigenvalue weighted by Crippen LogP contribution is -2.40. The maximum absolute atomic E-state index is 12.1. The van der Waals surface area contributed by atoms with Crippen molar-refractivity contribution < 1.29 is 13.2 Å². The van der Waals surface area contributed by atoms with Gasteiger partial charge in [0.2, 0.25) is 10.0 Å². The zero-order chi connectivity index (χ0) is 12.3. The van der Waals surface area contributed by atoms with Crippen LogP contribution in [0.3, 0.4) is 0 Å². The summed E-state index contributed by atoms with van der Waals surface area (Å²) < 4.78 is 30.5. The first-order chi connectivity index (χ1) is 8.15. The van der Waals surface area contributed by atoms with Crippen LogP contribution in [0.1, 0.15) is 0 Å². The standard InChI is InChI=1S/C11H16N2O3S.ClH/c1-16-8-9-17(14,15)13-7-6-12-10-4-2-3-5-11(10)13;/h2-5,12H,6-9H2,1H3;1H. The van der Waals surface area contributed by atoms with Crippen molar-refractivity contribution >= 4 is 33.8 Å². The van der Waals surface area contributed by atoms with Crippen LogP contribution >= 0.6 is 12.4 Å². The zero-order valence-corrected chi connectivity index (χ0v) is 11.8. The number of hydrogen-bond donors (Lipinski definition) is 1. The Kier molecular flexibility index (Phi) is 5.25. The fourth-order valence-electron chi connectivity index (χ4n) is 1.84. The first-order valence-electron chi connectivity index (χ1n) is 5.47. The number of para-hydroxylation sites is 2. The van der Waals surface area contributed by atoms with Crippen LogP contribution in [0.25, 0.3) is 0 Å². The van der Waals surface area contributed by atoms with E-state index < -0.39 is 10.0 Å². The Labute approximate surface area is 114 Å². The van der Waals surface area contributed by atoms with Crippen molar-refractivity contribution in [2.75, 3.05) is 42.2 Å². The van der Waals surface area contributed by atoms with Crippen molar-refractivity contribution in [3.8, 4) is 0 Å². The number of sulfonamides is 1. The number of benzene rings is 1. The van der Waals surface area contributed by atoms with Gasteiger partial charge in [0, 0.05) is 13.7 Å². The highest BCUT2D eigenvalue weighted by molar-refractivity contribution is 7.92. The number of fused-ring (bicyclic) bond motifs is 1. The summed E-state index contributed by atoms with van der Waals surface area (Å²) >= 11 is 0. The molecule has 0 spiro atoms. The minimum Gasteiger partial charge on any atom is -0.384 e. The molecule has 0 fully saturated rings. The molecule has 0 aromatic heterocycles. The molecular weight excluding hydrogens is 276 g/mol. The minimum absolute atomic E-state index is 0. The maximum atomic E-state index is 12.1. The van der Waals surface area contributed by atoms with Crippen molar-refractivity contribution in [3.05, 3.63) is 24.3 Å². The van der Waals surface area contributed by atoms with Crippen molar-refractivity contribution in [3.63, 3.8) is 0 Å². The summed E-state index contributed by atoms with van der Waals surface area (Å²) in [6, 6.07) is 7.42. The lowest BCUT2D eigenvalue weighted by molar-refractivity contribution is 0.217. The van der Waals surface area contributed by atoms with Gasteiger partial charge in [-0.15, -0.1) is 12.4 Å². The van der Waals surface area contributed by atoms with E-state index in [4.69, 9.17) is 4.74 Å². The van der Waals surface area contributed by atoms with Gasteiger partial charge >= 0.3 is 0 Å². The van der Waals surface area contributed by atoms with Gasteiger partial charge in [-0.25, -0.2) is 8.42 Å². The quantitative estimate of drug-likeness (QED) is 0.909. The van der Waals surface area contributed by atoms with E-state index in [0.717, 1.165) is 11.4 Å². The number of methoxy groups -OCH3 is 1. The number of ether oxygens (including phenoxy) is 1. The predicted molar refractivity (Wildman–Crippen MR) is 75.2 cm³/mol. The van der Waals surface area contributed by atoms with Crippen molar-refractivity contribution in [2.24, 2.45) is 0 Å². The summed E-state index contributed by atoms with van der Waals surface area (Å²) in [5.41, 5.74) is 1.58. The third kappa shape index (κ3) is 3.07. The Morgan fingerprint density at radius 2 is 2.11 bits per heavy atom. The van der Waals surface area contributed by atoms with E-state index in [9.17, 15) is 8.42 Å². The molecule has 18 heavy (non-hydrogen) atoms. The molecule has 1 aromatic rings. The Balaban J connectivity index is 0.00000162. The predicted octanol–water partition coefficient (Wildman–Crippen LogP) is 1.32. The smallest absolute Gasteiger partial charge is 0.237 e. The van der Waals surface area contributed by atoms with Crippen molar-refractivity contribution in [1.82, 2.24) is 0 Å². The van der Waals surface area contributed by atoms with Gasteiger partial charge in [-0.05, 0) is 12.1 Å². The van der Waals surface area contributed by atoms with Crippen LogP contribution in [0.5, 0.6) is 0 Å². The number of anilines is 2. The van der Waals surface area contributed by atoms with Gasteiger partial charge in [0.05, 0.1) is 30.3 Å². The van der Waals surface area contributed by atoms with E-state index in [1.54, 1.807) is 0 Å². The molecule has 1 N–H and O–H groups in total.